The van der Waals surface area contributed by atoms with Crippen LogP contribution in [0.25, 0.3) is 0 Å². The first-order valence-electron chi connectivity index (χ1n) is 13.5. The molecule has 1 atom stereocenters. The number of nitrogens with zero attached hydrogens (tertiary/aromatic N) is 4. The van der Waals surface area contributed by atoms with Gasteiger partial charge in [-0.05, 0) is 31.6 Å². The highest BCUT2D eigenvalue weighted by atomic mass is 16.5. The van der Waals surface area contributed by atoms with Crippen LogP contribution < -0.4 is 10.2 Å². The second-order valence-corrected chi connectivity index (χ2v) is 10.4. The van der Waals surface area contributed by atoms with Crippen LogP contribution in [-0.4, -0.2) is 42.3 Å². The number of anilines is 2. The Bertz CT molecular complexity index is 1000. The normalized spacial score (nSPS) is 24.3. The highest BCUT2D eigenvalue weighted by molar-refractivity contribution is 6.10. The second kappa shape index (κ2) is 10.0. The van der Waals surface area contributed by atoms with Gasteiger partial charge in [-0.1, -0.05) is 68.9 Å². The van der Waals surface area contributed by atoms with Gasteiger partial charge in [-0.15, -0.1) is 5.10 Å². The van der Waals surface area contributed by atoms with E-state index >= 15 is 0 Å². The zero-order valence-electron chi connectivity index (χ0n) is 20.2. The fourth-order valence-electron chi connectivity index (χ4n) is 6.42. The first kappa shape index (κ1) is 22.0. The number of fused-ring (bicyclic) bond motifs is 1. The summed E-state index contributed by atoms with van der Waals surface area (Å²) in [6.45, 7) is 3.24. The molecule has 1 aromatic heterocycles. The molecule has 3 fully saturated rings. The van der Waals surface area contributed by atoms with Crippen LogP contribution in [0.3, 0.4) is 0 Å². The molecule has 1 unspecified atom stereocenters. The zero-order valence-corrected chi connectivity index (χ0v) is 20.2. The molecule has 2 aromatic rings. The lowest BCUT2D eigenvalue weighted by atomic mass is 9.78. The van der Waals surface area contributed by atoms with Crippen LogP contribution in [0.1, 0.15) is 93.0 Å². The summed E-state index contributed by atoms with van der Waals surface area (Å²) in [5.74, 6) is 3.10. The van der Waals surface area contributed by atoms with Crippen molar-refractivity contribution in [3.05, 3.63) is 47.2 Å². The maximum atomic E-state index is 5.67. The number of aliphatic imine (C=N–C) groups is 1. The lowest BCUT2D eigenvalue weighted by Gasteiger charge is -2.38. The molecule has 0 spiro atoms. The minimum Gasteiger partial charge on any atom is -0.378 e. The topological polar surface area (TPSA) is 62.6 Å². The van der Waals surface area contributed by atoms with Gasteiger partial charge in [-0.3, -0.25) is 4.99 Å². The molecular weight excluding hydrogens is 422 g/mol. The lowest BCUT2D eigenvalue weighted by molar-refractivity contribution is 0.122. The molecule has 2 aliphatic carbocycles. The van der Waals surface area contributed by atoms with Gasteiger partial charge in [-0.25, -0.2) is 0 Å². The Labute approximate surface area is 203 Å². The molecule has 1 N–H and O–H groups in total. The van der Waals surface area contributed by atoms with E-state index in [-0.39, 0.29) is 6.04 Å². The van der Waals surface area contributed by atoms with Crippen LogP contribution in [0.4, 0.5) is 11.5 Å². The first-order chi connectivity index (χ1) is 16.9. The molecule has 1 aromatic carbocycles. The summed E-state index contributed by atoms with van der Waals surface area (Å²) in [6.07, 6.45) is 12.8. The summed E-state index contributed by atoms with van der Waals surface area (Å²) in [6, 6.07) is 10.8. The van der Waals surface area contributed by atoms with Crippen molar-refractivity contribution in [1.82, 2.24) is 10.2 Å². The summed E-state index contributed by atoms with van der Waals surface area (Å²) < 4.78 is 5.67. The summed E-state index contributed by atoms with van der Waals surface area (Å²) in [5.41, 5.74) is 4.86. The molecule has 6 nitrogen and oxygen atoms in total. The quantitative estimate of drug-likeness (QED) is 0.621. The van der Waals surface area contributed by atoms with E-state index < -0.39 is 0 Å². The van der Waals surface area contributed by atoms with Crippen molar-refractivity contribution < 1.29 is 4.74 Å². The lowest BCUT2D eigenvalue weighted by Crippen LogP contribution is -2.39. The predicted octanol–water partition coefficient (Wildman–Crippen LogP) is 5.85. The van der Waals surface area contributed by atoms with Crippen molar-refractivity contribution >= 4 is 17.3 Å². The Balaban J connectivity index is 1.50. The fraction of sp³-hybridized carbons (Fsp3) is 0.607. The Hall–Kier alpha value is -2.47. The minimum atomic E-state index is 0.141. The molecule has 0 radical (unpaired) electrons. The van der Waals surface area contributed by atoms with Crippen LogP contribution in [0.2, 0.25) is 0 Å². The number of ether oxygens (including phenoxy) is 1. The highest BCUT2D eigenvalue weighted by Crippen LogP contribution is 2.48. The Kier molecular flexibility index (Phi) is 6.49. The maximum Gasteiger partial charge on any atom is 0.158 e. The first-order valence-corrected chi connectivity index (χ1v) is 13.5. The van der Waals surface area contributed by atoms with Crippen molar-refractivity contribution in [3.8, 4) is 0 Å². The standard InChI is InChI=1S/C28H37N5O/c1-4-10-20(11-5-1)24-23-26(30-27(29-24)22-14-8-3-9-15-22)25(21-12-6-2-7-13-21)31-32-28(23)33-16-18-34-19-17-33/h3,8-9,14-15,20-21,24H,1-2,4-7,10-13,16-19H2,(H,29,30). The van der Waals surface area contributed by atoms with E-state index in [0.29, 0.717) is 11.8 Å². The fourth-order valence-corrected chi connectivity index (χ4v) is 6.42. The summed E-state index contributed by atoms with van der Waals surface area (Å²) in [5, 5.41) is 13.7. The van der Waals surface area contributed by atoms with Gasteiger partial charge in [0.05, 0.1) is 30.6 Å². The van der Waals surface area contributed by atoms with Gasteiger partial charge in [0.1, 0.15) is 5.84 Å². The third-order valence-corrected chi connectivity index (χ3v) is 8.27. The monoisotopic (exact) mass is 459 g/mol. The number of hydrogen-bond acceptors (Lipinski definition) is 6. The highest BCUT2D eigenvalue weighted by Gasteiger charge is 2.37. The average molecular weight is 460 g/mol. The van der Waals surface area contributed by atoms with Crippen LogP contribution in [0.15, 0.2) is 35.3 Å². The van der Waals surface area contributed by atoms with Crippen molar-refractivity contribution in [2.75, 3.05) is 36.5 Å². The molecule has 0 amide bonds. The van der Waals surface area contributed by atoms with Crippen molar-refractivity contribution in [2.45, 2.75) is 76.2 Å². The Morgan fingerprint density at radius 2 is 1.53 bits per heavy atom. The van der Waals surface area contributed by atoms with E-state index in [1.54, 1.807) is 0 Å². The smallest absolute Gasteiger partial charge is 0.158 e. The van der Waals surface area contributed by atoms with E-state index in [4.69, 9.17) is 19.9 Å². The van der Waals surface area contributed by atoms with E-state index in [9.17, 15) is 0 Å². The van der Waals surface area contributed by atoms with Gasteiger partial charge in [0, 0.05) is 30.1 Å². The number of hydrogen-bond donors (Lipinski definition) is 1. The van der Waals surface area contributed by atoms with Gasteiger partial charge in [0.15, 0.2) is 5.82 Å². The molecule has 2 saturated carbocycles. The van der Waals surface area contributed by atoms with E-state index in [1.165, 1.54) is 81.2 Å². The molecule has 180 valence electrons. The third-order valence-electron chi connectivity index (χ3n) is 8.27. The van der Waals surface area contributed by atoms with Crippen molar-refractivity contribution in [1.29, 1.82) is 0 Å². The SMILES string of the molecule is c1ccc(C2=NC(C3CCCCC3)c3c(N4CCOCC4)nnc(C4CCCCC4)c3N2)cc1. The van der Waals surface area contributed by atoms with Gasteiger partial charge >= 0.3 is 0 Å². The number of morpholine rings is 1. The molecule has 6 heteroatoms. The average Bonchev–Trinajstić information content (AvgIpc) is 2.94. The predicted molar refractivity (Wildman–Crippen MR) is 137 cm³/mol. The minimum absolute atomic E-state index is 0.141. The number of aromatic nitrogens is 2. The molecule has 1 saturated heterocycles. The molecular formula is C28H37N5O. The van der Waals surface area contributed by atoms with E-state index in [1.807, 2.05) is 0 Å². The number of benzene rings is 1. The maximum absolute atomic E-state index is 5.67. The molecule has 3 heterocycles. The Morgan fingerprint density at radius 1 is 0.824 bits per heavy atom. The summed E-state index contributed by atoms with van der Waals surface area (Å²) in [7, 11) is 0. The van der Waals surface area contributed by atoms with E-state index in [2.05, 4.69) is 40.5 Å². The van der Waals surface area contributed by atoms with Gasteiger partial charge in [0.2, 0.25) is 0 Å². The van der Waals surface area contributed by atoms with Gasteiger partial charge < -0.3 is 15.0 Å². The van der Waals surface area contributed by atoms with Crippen LogP contribution in [0.5, 0.6) is 0 Å². The molecule has 4 aliphatic rings. The zero-order chi connectivity index (χ0) is 22.7. The van der Waals surface area contributed by atoms with Gasteiger partial charge in [0.25, 0.3) is 0 Å². The summed E-state index contributed by atoms with van der Waals surface area (Å²) in [4.78, 5) is 7.83. The summed E-state index contributed by atoms with van der Waals surface area (Å²) >= 11 is 0. The van der Waals surface area contributed by atoms with Crippen molar-refractivity contribution in [3.63, 3.8) is 0 Å². The third kappa shape index (κ3) is 4.33. The van der Waals surface area contributed by atoms with Crippen LogP contribution in [-0.2, 0) is 4.74 Å². The molecule has 0 bridgehead atoms. The number of amidine groups is 1. The van der Waals surface area contributed by atoms with Crippen LogP contribution in [0, 0.1) is 5.92 Å². The molecule has 6 rings (SSSR count). The molecule has 34 heavy (non-hydrogen) atoms. The van der Waals surface area contributed by atoms with Gasteiger partial charge in [-0.2, -0.15) is 5.10 Å². The number of rotatable bonds is 4. The largest absolute Gasteiger partial charge is 0.378 e. The molecule has 2 aliphatic heterocycles. The Morgan fingerprint density at radius 3 is 2.26 bits per heavy atom. The van der Waals surface area contributed by atoms with Crippen LogP contribution >= 0.6 is 0 Å². The van der Waals surface area contributed by atoms with E-state index in [0.717, 1.165) is 43.5 Å². The second-order valence-electron chi connectivity index (χ2n) is 10.4. The van der Waals surface area contributed by atoms with Crippen molar-refractivity contribution in [2.24, 2.45) is 10.9 Å². The number of nitrogens with one attached hydrogen (secondary N) is 1.